The topological polar surface area (TPSA) is 86.0 Å². The molecule has 2 rings (SSSR count). The maximum absolute atomic E-state index is 11.9. The molecule has 0 bridgehead atoms. The van der Waals surface area contributed by atoms with Crippen LogP contribution in [-0.4, -0.2) is 78.7 Å². The van der Waals surface area contributed by atoms with Crippen LogP contribution in [0.2, 0.25) is 0 Å². The number of aliphatic imine (C=N–C) groups is 1. The number of piperazine rings is 1. The van der Waals surface area contributed by atoms with Gasteiger partial charge < -0.3 is 20.1 Å². The zero-order valence-corrected chi connectivity index (χ0v) is 17.3. The summed E-state index contributed by atoms with van der Waals surface area (Å²) in [7, 11) is 0. The van der Waals surface area contributed by atoms with Crippen molar-refractivity contribution in [1.82, 2.24) is 25.6 Å². The van der Waals surface area contributed by atoms with Crippen LogP contribution >= 0.6 is 0 Å². The summed E-state index contributed by atoms with van der Waals surface area (Å²) in [6.07, 6.45) is 0.825. The number of nitrogens with one attached hydrogen (secondary N) is 2. The summed E-state index contributed by atoms with van der Waals surface area (Å²) in [5, 5.41) is 10.3. The van der Waals surface area contributed by atoms with E-state index in [4.69, 9.17) is 9.52 Å². The molecule has 8 heteroatoms. The summed E-state index contributed by atoms with van der Waals surface area (Å²) < 4.78 is 5.22. The molecule has 2 heterocycles. The van der Waals surface area contributed by atoms with Crippen LogP contribution in [0.3, 0.4) is 0 Å². The highest BCUT2D eigenvalue weighted by Gasteiger charge is 2.21. The number of nitrogens with zero attached hydrogens (tertiary/aromatic N) is 4. The minimum absolute atomic E-state index is 0.0958. The van der Waals surface area contributed by atoms with Crippen molar-refractivity contribution < 1.29 is 9.32 Å². The van der Waals surface area contributed by atoms with E-state index in [9.17, 15) is 4.79 Å². The molecule has 1 aliphatic heterocycles. The quantitative estimate of drug-likeness (QED) is 0.543. The fourth-order valence-electron chi connectivity index (χ4n) is 3.25. The Kier molecular flexibility index (Phi) is 8.09. The second-order valence-electron chi connectivity index (χ2n) is 7.27. The van der Waals surface area contributed by atoms with Gasteiger partial charge in [-0.05, 0) is 41.0 Å². The van der Waals surface area contributed by atoms with Gasteiger partial charge in [-0.2, -0.15) is 0 Å². The predicted octanol–water partition coefficient (Wildman–Crippen LogP) is 0.942. The summed E-state index contributed by atoms with van der Waals surface area (Å²) in [5.41, 5.74) is 2.09. The third-order valence-corrected chi connectivity index (χ3v) is 4.63. The Hall–Kier alpha value is -2.09. The van der Waals surface area contributed by atoms with Crippen LogP contribution < -0.4 is 10.6 Å². The smallest absolute Gasteiger partial charge is 0.234 e. The number of amides is 1. The largest absolute Gasteiger partial charge is 0.361 e. The molecule has 152 valence electrons. The number of rotatable bonds is 7. The molecule has 0 spiro atoms. The third kappa shape index (κ3) is 6.53. The van der Waals surface area contributed by atoms with E-state index < -0.39 is 0 Å². The first-order valence-corrected chi connectivity index (χ1v) is 9.87. The molecule has 0 aromatic carbocycles. The van der Waals surface area contributed by atoms with Crippen molar-refractivity contribution in [2.24, 2.45) is 4.99 Å². The van der Waals surface area contributed by atoms with Gasteiger partial charge in [0.15, 0.2) is 5.96 Å². The highest BCUT2D eigenvalue weighted by atomic mass is 16.5. The third-order valence-electron chi connectivity index (χ3n) is 4.63. The van der Waals surface area contributed by atoms with Crippen LogP contribution in [0.15, 0.2) is 9.52 Å². The molecule has 0 radical (unpaired) electrons. The molecule has 1 aromatic rings. The first kappa shape index (κ1) is 21.2. The Balaban J connectivity index is 1.85. The fraction of sp³-hybridized carbons (Fsp3) is 0.737. The molecule has 2 N–H and O–H groups in total. The lowest BCUT2D eigenvalue weighted by Gasteiger charge is -2.36. The molecule has 1 saturated heterocycles. The van der Waals surface area contributed by atoms with Crippen molar-refractivity contribution in [1.29, 1.82) is 0 Å². The normalized spacial score (nSPS) is 16.1. The van der Waals surface area contributed by atoms with E-state index in [0.29, 0.717) is 13.1 Å². The SMILES string of the molecule is CCNC(=NCCc1c(C)noc1C)N1CCN(CC(=O)NC(C)C)CC1. The van der Waals surface area contributed by atoms with E-state index in [1.807, 2.05) is 27.7 Å². The number of hydrogen-bond donors (Lipinski definition) is 2. The van der Waals surface area contributed by atoms with E-state index in [1.165, 1.54) is 0 Å². The average Bonchev–Trinajstić information content (AvgIpc) is 2.93. The van der Waals surface area contributed by atoms with E-state index in [0.717, 1.165) is 62.1 Å². The lowest BCUT2D eigenvalue weighted by atomic mass is 10.1. The van der Waals surface area contributed by atoms with Gasteiger partial charge in [-0.1, -0.05) is 5.16 Å². The molecule has 8 nitrogen and oxygen atoms in total. The second kappa shape index (κ2) is 10.3. The monoisotopic (exact) mass is 378 g/mol. The van der Waals surface area contributed by atoms with Gasteiger partial charge in [-0.25, -0.2) is 0 Å². The van der Waals surface area contributed by atoms with Gasteiger partial charge in [-0.3, -0.25) is 14.7 Å². The molecule has 27 heavy (non-hydrogen) atoms. The molecular formula is C19H34N6O2. The lowest BCUT2D eigenvalue weighted by molar-refractivity contribution is -0.123. The summed E-state index contributed by atoms with van der Waals surface area (Å²) in [4.78, 5) is 21.2. The van der Waals surface area contributed by atoms with Crippen molar-refractivity contribution in [3.63, 3.8) is 0 Å². The van der Waals surface area contributed by atoms with Crippen molar-refractivity contribution in [3.8, 4) is 0 Å². The zero-order chi connectivity index (χ0) is 19.8. The van der Waals surface area contributed by atoms with E-state index in [1.54, 1.807) is 0 Å². The Morgan fingerprint density at radius 1 is 1.26 bits per heavy atom. The second-order valence-corrected chi connectivity index (χ2v) is 7.27. The van der Waals surface area contributed by atoms with Crippen molar-refractivity contribution in [2.75, 3.05) is 45.8 Å². The molecule has 0 unspecified atom stereocenters. The standard InChI is InChI=1S/C19H34N6O2/c1-6-20-19(21-8-7-17-15(4)23-27-16(17)5)25-11-9-24(10-12-25)13-18(26)22-14(2)3/h14H,6-13H2,1-5H3,(H,20,21)(H,22,26). The Morgan fingerprint density at radius 2 is 1.96 bits per heavy atom. The zero-order valence-electron chi connectivity index (χ0n) is 17.3. The van der Waals surface area contributed by atoms with Crippen LogP contribution in [-0.2, 0) is 11.2 Å². The highest BCUT2D eigenvalue weighted by Crippen LogP contribution is 2.13. The Bertz CT molecular complexity index is 613. The van der Waals surface area contributed by atoms with Crippen LogP contribution in [0.25, 0.3) is 0 Å². The summed E-state index contributed by atoms with van der Waals surface area (Å²) in [6, 6.07) is 0.184. The van der Waals surface area contributed by atoms with E-state index in [-0.39, 0.29) is 11.9 Å². The van der Waals surface area contributed by atoms with E-state index >= 15 is 0 Å². The predicted molar refractivity (Wildman–Crippen MR) is 107 cm³/mol. The number of hydrogen-bond acceptors (Lipinski definition) is 5. The van der Waals surface area contributed by atoms with Gasteiger partial charge in [0.05, 0.1) is 12.2 Å². The van der Waals surface area contributed by atoms with Crippen molar-refractivity contribution in [2.45, 2.75) is 47.1 Å². The summed E-state index contributed by atoms with van der Waals surface area (Å²) in [6.45, 7) is 15.4. The molecule has 1 aromatic heterocycles. The number of aromatic nitrogens is 1. The van der Waals surface area contributed by atoms with Crippen molar-refractivity contribution >= 4 is 11.9 Å². The summed E-state index contributed by atoms with van der Waals surface area (Å²) in [5.74, 6) is 1.91. The van der Waals surface area contributed by atoms with Gasteiger partial charge >= 0.3 is 0 Å². The van der Waals surface area contributed by atoms with Crippen LogP contribution in [0.1, 0.15) is 37.8 Å². The molecule has 0 atom stereocenters. The molecular weight excluding hydrogens is 344 g/mol. The Labute approximate surface area is 162 Å². The minimum atomic E-state index is 0.0958. The number of guanidine groups is 1. The van der Waals surface area contributed by atoms with Crippen molar-refractivity contribution in [3.05, 3.63) is 17.0 Å². The highest BCUT2D eigenvalue weighted by molar-refractivity contribution is 5.80. The van der Waals surface area contributed by atoms with Gasteiger partial charge in [-0.15, -0.1) is 0 Å². The number of carbonyl (C=O) groups excluding carboxylic acids is 1. The molecule has 1 fully saturated rings. The fourth-order valence-corrected chi connectivity index (χ4v) is 3.25. The number of aryl methyl sites for hydroxylation is 2. The molecule has 1 amide bonds. The van der Waals surface area contributed by atoms with E-state index in [2.05, 4.69) is 32.5 Å². The lowest BCUT2D eigenvalue weighted by Crippen LogP contribution is -2.54. The first-order chi connectivity index (χ1) is 12.9. The molecule has 0 aliphatic carbocycles. The van der Waals surface area contributed by atoms with Crippen LogP contribution in [0, 0.1) is 13.8 Å². The average molecular weight is 379 g/mol. The Morgan fingerprint density at radius 3 is 2.52 bits per heavy atom. The van der Waals surface area contributed by atoms with Gasteiger partial charge in [0, 0.05) is 50.9 Å². The maximum Gasteiger partial charge on any atom is 0.234 e. The molecule has 1 aliphatic rings. The van der Waals surface area contributed by atoms with Gasteiger partial charge in [0.25, 0.3) is 0 Å². The molecule has 0 saturated carbocycles. The minimum Gasteiger partial charge on any atom is -0.361 e. The van der Waals surface area contributed by atoms with Crippen LogP contribution in [0.4, 0.5) is 0 Å². The summed E-state index contributed by atoms with van der Waals surface area (Å²) >= 11 is 0. The van der Waals surface area contributed by atoms with Gasteiger partial charge in [0.2, 0.25) is 5.91 Å². The van der Waals surface area contributed by atoms with Gasteiger partial charge in [0.1, 0.15) is 5.76 Å². The van der Waals surface area contributed by atoms with Crippen LogP contribution in [0.5, 0.6) is 0 Å². The first-order valence-electron chi connectivity index (χ1n) is 9.87. The number of carbonyl (C=O) groups is 1. The maximum atomic E-state index is 11.9.